The topological polar surface area (TPSA) is 46.6 Å². The first-order chi connectivity index (χ1) is 14.0. The zero-order valence-electron chi connectivity index (χ0n) is 16.8. The first-order valence-corrected chi connectivity index (χ1v) is 9.61. The molecule has 0 fully saturated rings. The van der Waals surface area contributed by atoms with Gasteiger partial charge in [0.2, 0.25) is 11.3 Å². The van der Waals surface area contributed by atoms with Crippen LogP contribution in [0.25, 0.3) is 0 Å². The lowest BCUT2D eigenvalue weighted by atomic mass is 9.84. The van der Waals surface area contributed by atoms with Crippen molar-refractivity contribution in [1.29, 1.82) is 0 Å². The molecule has 1 aliphatic rings. The van der Waals surface area contributed by atoms with E-state index in [0.717, 1.165) is 22.4 Å². The number of anilines is 1. The number of rotatable bonds is 4. The van der Waals surface area contributed by atoms with E-state index in [0.29, 0.717) is 17.7 Å². The van der Waals surface area contributed by atoms with Crippen molar-refractivity contribution in [3.8, 4) is 0 Å². The van der Waals surface area contributed by atoms with Gasteiger partial charge in [0.25, 0.3) is 0 Å². The predicted molar refractivity (Wildman–Crippen MR) is 113 cm³/mol. The highest BCUT2D eigenvalue weighted by atomic mass is 16.5. The summed E-state index contributed by atoms with van der Waals surface area (Å²) in [5.41, 5.74) is 3.38. The molecule has 3 aromatic rings. The number of aryl methyl sites for hydroxylation is 2. The van der Waals surface area contributed by atoms with Crippen LogP contribution in [0, 0.1) is 13.8 Å². The molecule has 0 amide bonds. The lowest BCUT2D eigenvalue weighted by Crippen LogP contribution is -2.54. The van der Waals surface area contributed by atoms with Crippen LogP contribution in [0.3, 0.4) is 0 Å². The van der Waals surface area contributed by atoms with Crippen LogP contribution in [0.4, 0.5) is 5.69 Å². The number of benzene rings is 3. The minimum atomic E-state index is -1.55. The fraction of sp³-hybridized carbons (Fsp3) is 0.200. The lowest BCUT2D eigenvalue weighted by Gasteiger charge is -2.37. The van der Waals surface area contributed by atoms with E-state index in [-0.39, 0.29) is 5.78 Å². The van der Waals surface area contributed by atoms with Gasteiger partial charge >= 0.3 is 5.97 Å². The predicted octanol–water partition coefficient (Wildman–Crippen LogP) is 4.57. The number of fused-ring (bicyclic) bond motifs is 1. The molecule has 0 saturated carbocycles. The van der Waals surface area contributed by atoms with Gasteiger partial charge in [-0.1, -0.05) is 66.7 Å². The Kier molecular flexibility index (Phi) is 4.71. The van der Waals surface area contributed by atoms with E-state index in [1.54, 1.807) is 0 Å². The number of carbonyl (C=O) groups excluding carboxylic acids is 2. The highest BCUT2D eigenvalue weighted by Gasteiger charge is 2.59. The van der Waals surface area contributed by atoms with E-state index in [1.807, 2.05) is 91.5 Å². The molecule has 29 heavy (non-hydrogen) atoms. The third-order valence-electron chi connectivity index (χ3n) is 5.55. The SMILES string of the molecule is COC(=O)C1(c2ccccc2)C(=O)c2cc(C)cc(C)c2N1Cc1ccccc1. The van der Waals surface area contributed by atoms with E-state index in [1.165, 1.54) is 7.11 Å². The Labute approximate surface area is 170 Å². The third-order valence-corrected chi connectivity index (χ3v) is 5.55. The summed E-state index contributed by atoms with van der Waals surface area (Å²) in [6.07, 6.45) is 0. The van der Waals surface area contributed by atoms with Crippen LogP contribution in [-0.4, -0.2) is 18.9 Å². The van der Waals surface area contributed by atoms with Crippen LogP contribution in [-0.2, 0) is 21.6 Å². The fourth-order valence-corrected chi connectivity index (χ4v) is 4.37. The average molecular weight is 385 g/mol. The second-order valence-electron chi connectivity index (χ2n) is 7.45. The number of hydrogen-bond acceptors (Lipinski definition) is 4. The molecular weight excluding hydrogens is 362 g/mol. The number of Topliss-reactive ketones (excluding diaryl/α,β-unsaturated/α-hetero) is 1. The van der Waals surface area contributed by atoms with Gasteiger partial charge in [-0.25, -0.2) is 4.79 Å². The van der Waals surface area contributed by atoms with Gasteiger partial charge in [-0.15, -0.1) is 0 Å². The van der Waals surface area contributed by atoms with Crippen LogP contribution in [0.5, 0.6) is 0 Å². The molecule has 1 unspecified atom stereocenters. The highest BCUT2D eigenvalue weighted by Crippen LogP contribution is 2.48. The summed E-state index contributed by atoms with van der Waals surface area (Å²) >= 11 is 0. The van der Waals surface area contributed by atoms with E-state index in [9.17, 15) is 9.59 Å². The molecule has 1 heterocycles. The summed E-state index contributed by atoms with van der Waals surface area (Å²) in [5.74, 6) is -0.814. The van der Waals surface area contributed by atoms with Crippen LogP contribution < -0.4 is 4.90 Å². The van der Waals surface area contributed by atoms with Crippen LogP contribution in [0.1, 0.15) is 32.6 Å². The van der Waals surface area contributed by atoms with E-state index in [2.05, 4.69) is 0 Å². The Morgan fingerprint density at radius 1 is 0.966 bits per heavy atom. The zero-order valence-corrected chi connectivity index (χ0v) is 16.8. The molecule has 3 aromatic carbocycles. The van der Waals surface area contributed by atoms with Gasteiger partial charge < -0.3 is 9.64 Å². The molecule has 4 nitrogen and oxygen atoms in total. The normalized spacial score (nSPS) is 17.9. The Morgan fingerprint density at radius 2 is 1.59 bits per heavy atom. The second-order valence-corrected chi connectivity index (χ2v) is 7.45. The lowest BCUT2D eigenvalue weighted by molar-refractivity contribution is -0.145. The van der Waals surface area contributed by atoms with Crippen molar-refractivity contribution < 1.29 is 14.3 Å². The smallest absolute Gasteiger partial charge is 0.344 e. The first-order valence-electron chi connectivity index (χ1n) is 9.61. The zero-order chi connectivity index (χ0) is 20.6. The molecule has 146 valence electrons. The average Bonchev–Trinajstić information content (AvgIpc) is 2.98. The number of hydrogen-bond donors (Lipinski definition) is 0. The van der Waals surface area contributed by atoms with Crippen LogP contribution >= 0.6 is 0 Å². The number of ether oxygens (including phenoxy) is 1. The van der Waals surface area contributed by atoms with Crippen LogP contribution in [0.15, 0.2) is 72.8 Å². The summed E-state index contributed by atoms with van der Waals surface area (Å²) in [4.78, 5) is 29.1. The molecule has 4 heteroatoms. The van der Waals surface area contributed by atoms with Gasteiger partial charge in [-0.2, -0.15) is 0 Å². The fourth-order valence-electron chi connectivity index (χ4n) is 4.37. The maximum absolute atomic E-state index is 13.9. The maximum Gasteiger partial charge on any atom is 0.344 e. The van der Waals surface area contributed by atoms with Crippen molar-refractivity contribution >= 4 is 17.4 Å². The number of esters is 1. The summed E-state index contributed by atoms with van der Waals surface area (Å²) < 4.78 is 5.23. The van der Waals surface area contributed by atoms with Gasteiger partial charge in [0.15, 0.2) is 0 Å². The number of carbonyl (C=O) groups is 2. The summed E-state index contributed by atoms with van der Waals surface area (Å²) in [6.45, 7) is 4.35. The summed E-state index contributed by atoms with van der Waals surface area (Å²) in [6, 6.07) is 23.0. The molecule has 4 rings (SSSR count). The van der Waals surface area contributed by atoms with Crippen molar-refractivity contribution in [2.45, 2.75) is 25.9 Å². The van der Waals surface area contributed by atoms with Crippen molar-refractivity contribution in [2.75, 3.05) is 12.0 Å². The largest absolute Gasteiger partial charge is 0.467 e. The van der Waals surface area contributed by atoms with Crippen molar-refractivity contribution in [2.24, 2.45) is 0 Å². The number of nitrogens with zero attached hydrogens (tertiary/aromatic N) is 1. The first kappa shape index (κ1) is 18.9. The monoisotopic (exact) mass is 385 g/mol. The Hall–Kier alpha value is -3.40. The van der Waals surface area contributed by atoms with Gasteiger partial charge in [0.1, 0.15) is 0 Å². The minimum absolute atomic E-state index is 0.242. The van der Waals surface area contributed by atoms with E-state index in [4.69, 9.17) is 4.74 Å². The molecule has 0 radical (unpaired) electrons. The van der Waals surface area contributed by atoms with Gasteiger partial charge in [0, 0.05) is 12.1 Å². The quantitative estimate of drug-likeness (QED) is 0.487. The Morgan fingerprint density at radius 3 is 2.21 bits per heavy atom. The molecule has 0 aliphatic carbocycles. The van der Waals surface area contributed by atoms with Gasteiger partial charge in [0.05, 0.1) is 12.8 Å². The molecule has 0 bridgehead atoms. The molecule has 0 aromatic heterocycles. The number of ketones is 1. The molecular formula is C25H23NO3. The molecule has 0 N–H and O–H groups in total. The molecule has 0 spiro atoms. The molecule has 1 aliphatic heterocycles. The van der Waals surface area contributed by atoms with Crippen molar-refractivity contribution in [3.63, 3.8) is 0 Å². The standard InChI is InChI=1S/C25H23NO3/c1-17-14-18(2)22-21(15-17)23(27)25(24(28)29-3,20-12-8-5-9-13-20)26(22)16-19-10-6-4-7-11-19/h4-15H,16H2,1-3H3. The van der Waals surface area contributed by atoms with E-state index >= 15 is 0 Å². The highest BCUT2D eigenvalue weighted by molar-refractivity contribution is 6.25. The summed E-state index contributed by atoms with van der Waals surface area (Å²) in [7, 11) is 1.34. The van der Waals surface area contributed by atoms with Crippen molar-refractivity contribution in [1.82, 2.24) is 0 Å². The second kappa shape index (κ2) is 7.21. The maximum atomic E-state index is 13.9. The summed E-state index contributed by atoms with van der Waals surface area (Å²) in [5, 5.41) is 0. The van der Waals surface area contributed by atoms with Gasteiger partial charge in [-0.3, -0.25) is 4.79 Å². The van der Waals surface area contributed by atoms with Crippen molar-refractivity contribution in [3.05, 3.63) is 101 Å². The van der Waals surface area contributed by atoms with Crippen LogP contribution in [0.2, 0.25) is 0 Å². The van der Waals surface area contributed by atoms with E-state index < -0.39 is 11.5 Å². The molecule has 1 atom stereocenters. The van der Waals surface area contributed by atoms with Gasteiger partial charge in [-0.05, 0) is 42.2 Å². The third kappa shape index (κ3) is 2.83. The minimum Gasteiger partial charge on any atom is -0.467 e. The Bertz CT molecular complexity index is 1080. The number of methoxy groups -OCH3 is 1. The molecule has 0 saturated heterocycles. The Balaban J connectivity index is 2.03.